The third-order valence-corrected chi connectivity index (χ3v) is 2.90. The number of nitrogens with zero attached hydrogens (tertiary/aromatic N) is 2. The number of amides is 1. The van der Waals surface area contributed by atoms with Crippen molar-refractivity contribution in [1.82, 2.24) is 10.2 Å². The van der Waals surface area contributed by atoms with Crippen LogP contribution in [-0.4, -0.2) is 27.3 Å². The number of hydrogen-bond donors (Lipinski definition) is 2. The quantitative estimate of drug-likeness (QED) is 0.872. The second kappa shape index (κ2) is 6.29. The number of anilines is 1. The lowest BCUT2D eigenvalue weighted by Crippen LogP contribution is -2.14. The molecular formula is C14H17N3O3. The van der Waals surface area contributed by atoms with E-state index in [0.29, 0.717) is 18.7 Å². The Morgan fingerprint density at radius 1 is 1.50 bits per heavy atom. The van der Waals surface area contributed by atoms with Crippen molar-refractivity contribution in [3.63, 3.8) is 0 Å². The number of aromatic nitrogens is 2. The molecule has 1 aromatic carbocycles. The van der Waals surface area contributed by atoms with E-state index in [9.17, 15) is 4.79 Å². The molecule has 1 aromatic heterocycles. The van der Waals surface area contributed by atoms with Gasteiger partial charge in [-0.3, -0.25) is 4.79 Å². The van der Waals surface area contributed by atoms with Gasteiger partial charge in [-0.25, -0.2) is 0 Å². The molecule has 1 amide bonds. The lowest BCUT2D eigenvalue weighted by Gasteiger charge is -2.10. The molecule has 20 heavy (non-hydrogen) atoms. The van der Waals surface area contributed by atoms with Crippen LogP contribution in [-0.2, 0) is 4.79 Å². The van der Waals surface area contributed by atoms with Gasteiger partial charge in [-0.15, -0.1) is 10.2 Å². The number of aliphatic hydroxyl groups is 1. The summed E-state index contributed by atoms with van der Waals surface area (Å²) < 4.78 is 5.12. The summed E-state index contributed by atoms with van der Waals surface area (Å²) in [5.41, 5.74) is 2.46. The number of nitrogens with one attached hydrogen (secondary N) is 1. The number of aliphatic hydroxyl groups excluding tert-OH is 1. The molecule has 1 unspecified atom stereocenters. The zero-order valence-corrected chi connectivity index (χ0v) is 11.5. The van der Waals surface area contributed by atoms with Crippen LogP contribution in [0.15, 0.2) is 29.0 Å². The van der Waals surface area contributed by atoms with Gasteiger partial charge in [-0.2, -0.15) is 0 Å². The fraction of sp³-hybridized carbons (Fsp3) is 0.357. The van der Waals surface area contributed by atoms with Crippen LogP contribution >= 0.6 is 0 Å². The molecule has 2 rings (SSSR count). The summed E-state index contributed by atoms with van der Waals surface area (Å²) in [5, 5.41) is 19.4. The molecule has 2 N–H and O–H groups in total. The molecule has 6 heteroatoms. The molecular weight excluding hydrogens is 258 g/mol. The van der Waals surface area contributed by atoms with Gasteiger partial charge in [-0.1, -0.05) is 0 Å². The maximum absolute atomic E-state index is 11.7. The van der Waals surface area contributed by atoms with Crippen LogP contribution < -0.4 is 5.32 Å². The Morgan fingerprint density at radius 2 is 2.30 bits per heavy atom. The van der Waals surface area contributed by atoms with Crippen molar-refractivity contribution in [2.24, 2.45) is 0 Å². The van der Waals surface area contributed by atoms with Crippen LogP contribution in [0.5, 0.6) is 0 Å². The standard InChI is InChI=1S/C14H17N3O3/c1-9-7-11(14-17-15-8-20-14)4-5-12(9)16-13(19)6-3-10(2)18/h4-5,7-8,10,18H,3,6H2,1-2H3,(H,16,19). The molecule has 1 heterocycles. The van der Waals surface area contributed by atoms with Gasteiger partial charge in [0.15, 0.2) is 0 Å². The number of rotatable bonds is 5. The smallest absolute Gasteiger partial charge is 0.247 e. The molecule has 106 valence electrons. The van der Waals surface area contributed by atoms with E-state index in [0.717, 1.165) is 16.8 Å². The van der Waals surface area contributed by atoms with E-state index in [1.165, 1.54) is 6.39 Å². The molecule has 0 radical (unpaired) electrons. The molecule has 0 saturated carbocycles. The average molecular weight is 275 g/mol. The lowest BCUT2D eigenvalue weighted by atomic mass is 10.1. The lowest BCUT2D eigenvalue weighted by molar-refractivity contribution is -0.116. The second-order valence-corrected chi connectivity index (χ2v) is 4.71. The summed E-state index contributed by atoms with van der Waals surface area (Å²) in [6, 6.07) is 5.48. The maximum atomic E-state index is 11.7. The van der Waals surface area contributed by atoms with Gasteiger partial charge in [0, 0.05) is 17.7 Å². The number of benzene rings is 1. The van der Waals surface area contributed by atoms with Crippen molar-refractivity contribution in [3.8, 4) is 11.5 Å². The Kier molecular flexibility index (Phi) is 4.47. The third-order valence-electron chi connectivity index (χ3n) is 2.90. The molecule has 0 aliphatic carbocycles. The number of aryl methyl sites for hydroxylation is 1. The molecule has 0 aliphatic heterocycles. The Balaban J connectivity index is 2.05. The highest BCUT2D eigenvalue weighted by Gasteiger charge is 2.09. The van der Waals surface area contributed by atoms with E-state index in [2.05, 4.69) is 15.5 Å². The number of hydrogen-bond acceptors (Lipinski definition) is 5. The summed E-state index contributed by atoms with van der Waals surface area (Å²) in [7, 11) is 0. The van der Waals surface area contributed by atoms with Crippen molar-refractivity contribution >= 4 is 11.6 Å². The summed E-state index contributed by atoms with van der Waals surface area (Å²) in [5.74, 6) is 0.333. The molecule has 0 aliphatic rings. The van der Waals surface area contributed by atoms with Crippen LogP contribution in [0, 0.1) is 6.92 Å². The van der Waals surface area contributed by atoms with Gasteiger partial charge >= 0.3 is 0 Å². The SMILES string of the molecule is Cc1cc(-c2nnco2)ccc1NC(=O)CCC(C)O. The van der Waals surface area contributed by atoms with Crippen LogP contribution in [0.2, 0.25) is 0 Å². The minimum absolute atomic E-state index is 0.112. The van der Waals surface area contributed by atoms with Gasteiger partial charge in [0.05, 0.1) is 6.10 Å². The fourth-order valence-electron chi connectivity index (χ4n) is 1.79. The molecule has 2 aromatic rings. The van der Waals surface area contributed by atoms with E-state index in [4.69, 9.17) is 9.52 Å². The van der Waals surface area contributed by atoms with E-state index in [1.807, 2.05) is 19.1 Å². The topological polar surface area (TPSA) is 88.3 Å². The molecule has 1 atom stereocenters. The second-order valence-electron chi connectivity index (χ2n) is 4.71. The first-order valence-electron chi connectivity index (χ1n) is 6.41. The zero-order valence-electron chi connectivity index (χ0n) is 11.5. The van der Waals surface area contributed by atoms with E-state index < -0.39 is 6.10 Å². The fourth-order valence-corrected chi connectivity index (χ4v) is 1.79. The van der Waals surface area contributed by atoms with E-state index in [-0.39, 0.29) is 5.91 Å². The van der Waals surface area contributed by atoms with Crippen LogP contribution in [0.1, 0.15) is 25.3 Å². The average Bonchev–Trinajstić information content (AvgIpc) is 2.92. The van der Waals surface area contributed by atoms with Gasteiger partial charge in [0.1, 0.15) is 0 Å². The highest BCUT2D eigenvalue weighted by Crippen LogP contribution is 2.23. The first-order valence-corrected chi connectivity index (χ1v) is 6.41. The van der Waals surface area contributed by atoms with Crippen molar-refractivity contribution < 1.29 is 14.3 Å². The summed E-state index contributed by atoms with van der Waals surface area (Å²) in [4.78, 5) is 11.7. The first-order chi connectivity index (χ1) is 9.56. The largest absolute Gasteiger partial charge is 0.423 e. The van der Waals surface area contributed by atoms with Gasteiger partial charge in [0.25, 0.3) is 0 Å². The zero-order chi connectivity index (χ0) is 14.5. The van der Waals surface area contributed by atoms with Gasteiger partial charge in [0.2, 0.25) is 18.2 Å². The normalized spacial score (nSPS) is 12.2. The van der Waals surface area contributed by atoms with Crippen molar-refractivity contribution in [3.05, 3.63) is 30.2 Å². The van der Waals surface area contributed by atoms with Crippen LogP contribution in [0.4, 0.5) is 5.69 Å². The van der Waals surface area contributed by atoms with E-state index >= 15 is 0 Å². The summed E-state index contributed by atoms with van der Waals surface area (Å²) >= 11 is 0. The summed E-state index contributed by atoms with van der Waals surface area (Å²) in [6.45, 7) is 3.56. The molecule has 6 nitrogen and oxygen atoms in total. The maximum Gasteiger partial charge on any atom is 0.247 e. The number of carbonyl (C=O) groups is 1. The number of carbonyl (C=O) groups excluding carboxylic acids is 1. The predicted molar refractivity (Wildman–Crippen MR) is 74.0 cm³/mol. The van der Waals surface area contributed by atoms with Crippen molar-refractivity contribution in [2.45, 2.75) is 32.8 Å². The Hall–Kier alpha value is -2.21. The van der Waals surface area contributed by atoms with Crippen molar-refractivity contribution in [2.75, 3.05) is 5.32 Å². The van der Waals surface area contributed by atoms with Crippen LogP contribution in [0.25, 0.3) is 11.5 Å². The highest BCUT2D eigenvalue weighted by molar-refractivity contribution is 5.91. The molecule has 0 spiro atoms. The third kappa shape index (κ3) is 3.64. The Morgan fingerprint density at radius 3 is 2.90 bits per heavy atom. The van der Waals surface area contributed by atoms with Gasteiger partial charge < -0.3 is 14.8 Å². The molecule has 0 bridgehead atoms. The Labute approximate surface area is 116 Å². The monoisotopic (exact) mass is 275 g/mol. The highest BCUT2D eigenvalue weighted by atomic mass is 16.4. The minimum atomic E-state index is -0.471. The van der Waals surface area contributed by atoms with Crippen molar-refractivity contribution in [1.29, 1.82) is 0 Å². The summed E-state index contributed by atoms with van der Waals surface area (Å²) in [6.07, 6.45) is 1.55. The Bertz CT molecular complexity index is 579. The molecule has 0 saturated heterocycles. The predicted octanol–water partition coefficient (Wildman–Crippen LogP) is 2.14. The van der Waals surface area contributed by atoms with Crippen LogP contribution in [0.3, 0.4) is 0 Å². The first kappa shape index (κ1) is 14.2. The molecule has 0 fully saturated rings. The minimum Gasteiger partial charge on any atom is -0.423 e. The van der Waals surface area contributed by atoms with E-state index in [1.54, 1.807) is 13.0 Å². The van der Waals surface area contributed by atoms with Gasteiger partial charge in [-0.05, 0) is 44.0 Å².